The SMILES string of the molecule is CC(C)C[C@H](NC(=O)[C@H](Cc1ccccc1)NC(=O)[C@@H](NC(=O)CNC(=O)[C@H](CC(N)=O)NC(=O)[C@@H](NC(=O)[C@H](CC(C)C)NC(=O)[C@@H](NC(=O)[C@@H](N)CCCN=C(N)N)C(C)C)C(C)C)[C@@H](C)O)C(=O)N[C@@H](CCCCN)C(=O)O. The molecule has 0 aliphatic heterocycles. The number of carbonyl (C=O) groups is 11. The molecule has 28 heteroatoms. The molecule has 0 unspecified atom stereocenters. The molecule has 0 saturated carbocycles. The van der Waals surface area contributed by atoms with Gasteiger partial charge in [-0.25, -0.2) is 4.79 Å². The number of hydrogen-bond donors (Lipinski definition) is 16. The minimum atomic E-state index is -1.74. The van der Waals surface area contributed by atoms with Gasteiger partial charge >= 0.3 is 5.97 Å². The second-order valence-electron chi connectivity index (χ2n) is 21.6. The average molecular weight is 1150 g/mol. The Kier molecular flexibility index (Phi) is 32.4. The van der Waals surface area contributed by atoms with Crippen LogP contribution in [-0.2, 0) is 59.2 Å². The second kappa shape index (κ2) is 36.7. The minimum absolute atomic E-state index is 0.0855. The van der Waals surface area contributed by atoms with Crippen LogP contribution < -0.4 is 76.5 Å². The molecule has 456 valence electrons. The van der Waals surface area contributed by atoms with Gasteiger partial charge in [0.25, 0.3) is 0 Å². The van der Waals surface area contributed by atoms with Gasteiger partial charge in [-0.05, 0) is 87.6 Å². The van der Waals surface area contributed by atoms with Gasteiger partial charge in [-0.2, -0.15) is 0 Å². The third-order valence-corrected chi connectivity index (χ3v) is 12.5. The average Bonchev–Trinajstić information content (AvgIpc) is 3.39. The Balaban J connectivity index is 3.27. The molecule has 0 spiro atoms. The summed E-state index contributed by atoms with van der Waals surface area (Å²) in [5.41, 5.74) is 28.3. The molecule has 0 aromatic heterocycles. The topological polar surface area (TPSA) is 479 Å². The molecule has 0 aliphatic rings. The molecule has 1 aromatic carbocycles. The number of rotatable bonds is 38. The van der Waals surface area contributed by atoms with E-state index in [9.17, 15) is 63.0 Å². The molecule has 1 aromatic rings. The van der Waals surface area contributed by atoms with Crippen LogP contribution in [0.4, 0.5) is 0 Å². The van der Waals surface area contributed by atoms with Crippen LogP contribution in [-0.4, -0.2) is 161 Å². The molecule has 21 N–H and O–H groups in total. The third-order valence-electron chi connectivity index (χ3n) is 12.5. The van der Waals surface area contributed by atoms with E-state index >= 15 is 0 Å². The van der Waals surface area contributed by atoms with Gasteiger partial charge in [0.1, 0.15) is 48.3 Å². The van der Waals surface area contributed by atoms with Crippen molar-refractivity contribution in [3.8, 4) is 0 Å². The largest absolute Gasteiger partial charge is 0.480 e. The van der Waals surface area contributed by atoms with Gasteiger partial charge in [0, 0.05) is 13.0 Å². The molecule has 10 atom stereocenters. The maximum Gasteiger partial charge on any atom is 0.326 e. The number of guanidine groups is 1. The molecule has 0 saturated heterocycles. The summed E-state index contributed by atoms with van der Waals surface area (Å²) in [6.07, 6.45) is -0.696. The van der Waals surface area contributed by atoms with E-state index < -0.39 is 150 Å². The first-order chi connectivity index (χ1) is 37.9. The lowest BCUT2D eigenvalue weighted by atomic mass is 9.98. The number of nitrogens with zero attached hydrogens (tertiary/aromatic N) is 1. The van der Waals surface area contributed by atoms with Gasteiger partial charge < -0.3 is 86.7 Å². The fraction of sp³-hybridized carbons (Fsp3) is 0.660. The number of aliphatic carboxylic acids is 1. The summed E-state index contributed by atoms with van der Waals surface area (Å²) in [6, 6.07) is -3.63. The fourth-order valence-corrected chi connectivity index (χ4v) is 8.11. The Bertz CT molecular complexity index is 2280. The lowest BCUT2D eigenvalue weighted by Gasteiger charge is -2.29. The van der Waals surface area contributed by atoms with Gasteiger partial charge in [-0.15, -0.1) is 0 Å². The molecular weight excluding hydrogens is 1050 g/mol. The van der Waals surface area contributed by atoms with Crippen molar-refractivity contribution in [3.05, 3.63) is 35.9 Å². The molecule has 0 aliphatic carbocycles. The van der Waals surface area contributed by atoms with Gasteiger partial charge in [-0.3, -0.25) is 52.9 Å². The number of aliphatic imine (C=N–C) groups is 1. The number of hydrogen-bond acceptors (Lipinski definition) is 15. The predicted molar refractivity (Wildman–Crippen MR) is 301 cm³/mol. The molecular formula is C53H91N15O13. The highest BCUT2D eigenvalue weighted by atomic mass is 16.4. The van der Waals surface area contributed by atoms with Crippen LogP contribution in [0.25, 0.3) is 0 Å². The van der Waals surface area contributed by atoms with E-state index in [1.54, 1.807) is 85.7 Å². The zero-order chi connectivity index (χ0) is 61.7. The van der Waals surface area contributed by atoms with E-state index in [1.165, 1.54) is 6.92 Å². The molecule has 0 radical (unpaired) electrons. The monoisotopic (exact) mass is 1150 g/mol. The Labute approximate surface area is 473 Å². The quantitative estimate of drug-likeness (QED) is 0.0173. The van der Waals surface area contributed by atoms with Crippen LogP contribution in [0, 0.1) is 23.7 Å². The van der Waals surface area contributed by atoms with Crippen molar-refractivity contribution >= 4 is 71.0 Å². The first-order valence-electron chi connectivity index (χ1n) is 27.3. The number of aliphatic hydroxyl groups is 1. The summed E-state index contributed by atoms with van der Waals surface area (Å²) in [7, 11) is 0. The molecule has 10 amide bonds. The summed E-state index contributed by atoms with van der Waals surface area (Å²) in [5.74, 6) is -11.7. The van der Waals surface area contributed by atoms with Crippen molar-refractivity contribution in [2.24, 2.45) is 57.3 Å². The minimum Gasteiger partial charge on any atom is -0.480 e. The number of primary amides is 1. The smallest absolute Gasteiger partial charge is 0.326 e. The molecule has 0 fully saturated rings. The predicted octanol–water partition coefficient (Wildman–Crippen LogP) is -3.52. The molecule has 28 nitrogen and oxygen atoms in total. The van der Waals surface area contributed by atoms with Crippen molar-refractivity contribution in [3.63, 3.8) is 0 Å². The van der Waals surface area contributed by atoms with Crippen molar-refractivity contribution < 1.29 is 63.0 Å². The van der Waals surface area contributed by atoms with Crippen molar-refractivity contribution in [2.75, 3.05) is 19.6 Å². The Morgan fingerprint density at radius 1 is 0.531 bits per heavy atom. The molecule has 0 bridgehead atoms. The highest BCUT2D eigenvalue weighted by molar-refractivity contribution is 5.99. The standard InChI is InChI=1S/C53H91N15O13/c1-27(2)22-35(46(74)61-34(52(80)81)19-13-14-20-54)62-47(75)37(24-32-16-11-10-12-17-32)64-51(79)43(31(9)69)66-40(71)26-60-45(73)38(25-39(56)70)65-50(78)42(30(7)8)68-48(76)36(23-28(3)4)63-49(77)41(29(5)6)67-44(72)33(55)18-15-21-59-53(57)58/h10-12,16-17,27-31,33-38,41-43,69H,13-15,18-26,54-55H2,1-9H3,(H2,56,70)(H,60,73)(H,61,74)(H,62,75)(H,63,77)(H,64,79)(H,65,78)(H,66,71)(H,67,72)(H,68,76)(H,80,81)(H4,57,58,59)/t31-,33+,34+,35+,36+,37+,38+,41+,42+,43+/m1/s1. The number of carbonyl (C=O) groups excluding carboxylic acids is 10. The van der Waals surface area contributed by atoms with Crippen molar-refractivity contribution in [2.45, 2.75) is 181 Å². The Hall–Kier alpha value is -7.46. The number of aliphatic hydroxyl groups excluding tert-OH is 1. The Morgan fingerprint density at radius 3 is 1.48 bits per heavy atom. The van der Waals surface area contributed by atoms with Gasteiger partial charge in [0.05, 0.1) is 25.1 Å². The van der Waals surface area contributed by atoms with Crippen LogP contribution in [0.15, 0.2) is 35.3 Å². The first kappa shape index (κ1) is 71.6. The first-order valence-corrected chi connectivity index (χ1v) is 27.3. The van der Waals surface area contributed by atoms with E-state index in [4.69, 9.17) is 28.7 Å². The summed E-state index contributed by atoms with van der Waals surface area (Å²) in [4.78, 5) is 151. The van der Waals surface area contributed by atoms with E-state index in [0.29, 0.717) is 31.4 Å². The van der Waals surface area contributed by atoms with E-state index in [1.807, 2.05) is 0 Å². The number of nitrogens with two attached hydrogens (primary N) is 5. The summed E-state index contributed by atoms with van der Waals surface area (Å²) in [5, 5.41) is 43.0. The lowest BCUT2D eigenvalue weighted by molar-refractivity contribution is -0.142. The van der Waals surface area contributed by atoms with Gasteiger partial charge in [0.15, 0.2) is 5.96 Å². The lowest BCUT2D eigenvalue weighted by Crippen LogP contribution is -2.61. The van der Waals surface area contributed by atoms with Gasteiger partial charge in [-0.1, -0.05) is 85.7 Å². The van der Waals surface area contributed by atoms with Crippen LogP contribution >= 0.6 is 0 Å². The zero-order valence-corrected chi connectivity index (χ0v) is 48.2. The number of carboxylic acid groups (broad SMARTS) is 1. The van der Waals surface area contributed by atoms with Gasteiger partial charge in [0.2, 0.25) is 59.1 Å². The fourth-order valence-electron chi connectivity index (χ4n) is 8.11. The van der Waals surface area contributed by atoms with Crippen LogP contribution in [0.3, 0.4) is 0 Å². The highest BCUT2D eigenvalue weighted by Crippen LogP contribution is 2.13. The Morgan fingerprint density at radius 2 is 1.00 bits per heavy atom. The summed E-state index contributed by atoms with van der Waals surface area (Å²) < 4.78 is 0. The number of unbranched alkanes of at least 4 members (excludes halogenated alkanes) is 1. The maximum absolute atomic E-state index is 14.0. The van der Waals surface area contributed by atoms with Crippen LogP contribution in [0.2, 0.25) is 0 Å². The maximum atomic E-state index is 14.0. The van der Waals surface area contributed by atoms with E-state index in [-0.39, 0.29) is 56.4 Å². The van der Waals surface area contributed by atoms with Crippen LogP contribution in [0.1, 0.15) is 119 Å². The highest BCUT2D eigenvalue weighted by Gasteiger charge is 2.37. The van der Waals surface area contributed by atoms with E-state index in [0.717, 1.165) is 0 Å². The van der Waals surface area contributed by atoms with Crippen molar-refractivity contribution in [1.82, 2.24) is 47.9 Å². The summed E-state index contributed by atoms with van der Waals surface area (Å²) >= 11 is 0. The van der Waals surface area contributed by atoms with E-state index in [2.05, 4.69) is 52.8 Å². The molecule has 0 heterocycles. The zero-order valence-electron chi connectivity index (χ0n) is 48.2. The van der Waals surface area contributed by atoms with Crippen molar-refractivity contribution in [1.29, 1.82) is 0 Å². The molecule has 1 rings (SSSR count). The number of nitrogens with one attached hydrogen (secondary N) is 9. The molecule has 81 heavy (non-hydrogen) atoms. The van der Waals surface area contributed by atoms with Crippen LogP contribution in [0.5, 0.6) is 0 Å². The second-order valence-corrected chi connectivity index (χ2v) is 21.6. The number of amides is 10. The normalized spacial score (nSPS) is 15.0. The number of benzene rings is 1. The third kappa shape index (κ3) is 28.0. The number of carboxylic acids is 1. The summed E-state index contributed by atoms with van der Waals surface area (Å²) in [6.45, 7) is 14.5.